The molecular weight excluding hydrogens is 372 g/mol. The Morgan fingerprint density at radius 3 is 2.59 bits per heavy atom. The molecular formula is C23H20O6. The molecule has 0 bridgehead atoms. The number of esters is 1. The Hall–Kier alpha value is -3.54. The lowest BCUT2D eigenvalue weighted by Gasteiger charge is -2.08. The van der Waals surface area contributed by atoms with Crippen LogP contribution < -0.4 is 19.8 Å². The van der Waals surface area contributed by atoms with Crippen LogP contribution >= 0.6 is 0 Å². The largest absolute Gasteiger partial charge is 0.493 e. The van der Waals surface area contributed by atoms with Gasteiger partial charge < -0.3 is 18.6 Å². The summed E-state index contributed by atoms with van der Waals surface area (Å²) < 4.78 is 21.2. The van der Waals surface area contributed by atoms with Crippen LogP contribution in [0.4, 0.5) is 0 Å². The summed E-state index contributed by atoms with van der Waals surface area (Å²) in [7, 11) is 3.11. The summed E-state index contributed by atoms with van der Waals surface area (Å²) in [5.41, 5.74) is 2.70. The van der Waals surface area contributed by atoms with Gasteiger partial charge in [-0.2, -0.15) is 0 Å². The monoisotopic (exact) mass is 392 g/mol. The van der Waals surface area contributed by atoms with Gasteiger partial charge in [-0.25, -0.2) is 9.59 Å². The summed E-state index contributed by atoms with van der Waals surface area (Å²) in [6.45, 7) is 0. The zero-order chi connectivity index (χ0) is 20.4. The third kappa shape index (κ3) is 3.74. The molecule has 0 amide bonds. The Morgan fingerprint density at radius 1 is 1.00 bits per heavy atom. The molecule has 0 atom stereocenters. The topological polar surface area (TPSA) is 75.0 Å². The molecule has 4 rings (SSSR count). The Balaban J connectivity index is 1.53. The van der Waals surface area contributed by atoms with E-state index in [-0.39, 0.29) is 5.63 Å². The highest BCUT2D eigenvalue weighted by Gasteiger charge is 2.19. The summed E-state index contributed by atoms with van der Waals surface area (Å²) in [4.78, 5) is 24.3. The number of methoxy groups -OCH3 is 2. The van der Waals surface area contributed by atoms with Crippen LogP contribution in [0.1, 0.15) is 23.1 Å². The lowest BCUT2D eigenvalue weighted by molar-refractivity contribution is -0.128. The predicted molar refractivity (Wildman–Crippen MR) is 109 cm³/mol. The molecule has 0 saturated heterocycles. The Kier molecular flexibility index (Phi) is 5.08. The second kappa shape index (κ2) is 7.83. The fourth-order valence-corrected chi connectivity index (χ4v) is 3.60. The Morgan fingerprint density at radius 2 is 1.79 bits per heavy atom. The number of rotatable bonds is 5. The molecule has 0 radical (unpaired) electrons. The van der Waals surface area contributed by atoms with Gasteiger partial charge in [0.15, 0.2) is 11.5 Å². The molecule has 1 aliphatic carbocycles. The van der Waals surface area contributed by atoms with E-state index in [9.17, 15) is 9.59 Å². The summed E-state index contributed by atoms with van der Waals surface area (Å²) in [5, 5.41) is 0.901. The van der Waals surface area contributed by atoms with Crippen LogP contribution in [0.25, 0.3) is 17.0 Å². The van der Waals surface area contributed by atoms with Crippen molar-refractivity contribution >= 4 is 23.0 Å². The zero-order valence-corrected chi connectivity index (χ0v) is 16.2. The fourth-order valence-electron chi connectivity index (χ4n) is 3.60. The SMILES string of the molecule is COc1ccc(C=CC(=O)Oc2ccc3c4c(c(=O)oc3c2)CCC4)cc1OC. The van der Waals surface area contributed by atoms with E-state index in [1.54, 1.807) is 50.6 Å². The van der Waals surface area contributed by atoms with Crippen molar-refractivity contribution in [3.8, 4) is 17.2 Å². The van der Waals surface area contributed by atoms with Crippen LogP contribution in [0.15, 0.2) is 51.7 Å². The van der Waals surface area contributed by atoms with E-state index < -0.39 is 5.97 Å². The first-order valence-electron chi connectivity index (χ1n) is 9.29. The van der Waals surface area contributed by atoms with Crippen molar-refractivity contribution in [2.45, 2.75) is 19.3 Å². The molecule has 0 unspecified atom stereocenters. The molecule has 6 nitrogen and oxygen atoms in total. The first-order valence-corrected chi connectivity index (χ1v) is 9.29. The molecule has 148 valence electrons. The third-order valence-electron chi connectivity index (χ3n) is 4.98. The summed E-state index contributed by atoms with van der Waals surface area (Å²) >= 11 is 0. The van der Waals surface area contributed by atoms with Gasteiger partial charge in [0, 0.05) is 23.1 Å². The molecule has 0 saturated carbocycles. The number of fused-ring (bicyclic) bond motifs is 3. The van der Waals surface area contributed by atoms with Gasteiger partial charge >= 0.3 is 11.6 Å². The molecule has 0 fully saturated rings. The number of ether oxygens (including phenoxy) is 3. The quantitative estimate of drug-likeness (QED) is 0.284. The van der Waals surface area contributed by atoms with Crippen molar-refractivity contribution in [2.24, 2.45) is 0 Å². The van der Waals surface area contributed by atoms with Crippen LogP contribution in [0, 0.1) is 0 Å². The predicted octanol–water partition coefficient (Wildman–Crippen LogP) is 3.92. The molecule has 0 N–H and O–H groups in total. The minimum Gasteiger partial charge on any atom is -0.493 e. The average molecular weight is 392 g/mol. The van der Waals surface area contributed by atoms with E-state index in [0.717, 1.165) is 41.3 Å². The van der Waals surface area contributed by atoms with Crippen LogP contribution in [0.3, 0.4) is 0 Å². The first kappa shape index (κ1) is 18.8. The van der Waals surface area contributed by atoms with E-state index in [1.807, 2.05) is 6.07 Å². The normalized spacial score (nSPS) is 12.9. The van der Waals surface area contributed by atoms with E-state index in [4.69, 9.17) is 18.6 Å². The first-order chi connectivity index (χ1) is 14.1. The van der Waals surface area contributed by atoms with Crippen molar-refractivity contribution in [3.05, 3.63) is 69.6 Å². The summed E-state index contributed by atoms with van der Waals surface area (Å²) in [5.74, 6) is 0.958. The van der Waals surface area contributed by atoms with Crippen molar-refractivity contribution in [2.75, 3.05) is 14.2 Å². The van der Waals surface area contributed by atoms with Crippen LogP contribution in [0.5, 0.6) is 17.2 Å². The second-order valence-corrected chi connectivity index (χ2v) is 6.73. The van der Waals surface area contributed by atoms with E-state index in [2.05, 4.69) is 0 Å². The van der Waals surface area contributed by atoms with Crippen molar-refractivity contribution < 1.29 is 23.4 Å². The van der Waals surface area contributed by atoms with Gasteiger partial charge in [-0.3, -0.25) is 0 Å². The fraction of sp³-hybridized carbons (Fsp3) is 0.217. The van der Waals surface area contributed by atoms with Gasteiger partial charge in [-0.15, -0.1) is 0 Å². The van der Waals surface area contributed by atoms with E-state index in [0.29, 0.717) is 22.8 Å². The number of hydrogen-bond acceptors (Lipinski definition) is 6. The average Bonchev–Trinajstić information content (AvgIpc) is 3.22. The number of benzene rings is 2. The van der Waals surface area contributed by atoms with Crippen molar-refractivity contribution in [3.63, 3.8) is 0 Å². The van der Waals surface area contributed by atoms with E-state index in [1.165, 1.54) is 6.08 Å². The standard InChI is InChI=1S/C23H20O6/c1-26-19-10-6-14(12-21(19)27-2)7-11-22(24)28-15-8-9-17-16-4-3-5-18(16)23(25)29-20(17)13-15/h6-13H,3-5H2,1-2H3. The summed E-state index contributed by atoms with van der Waals surface area (Å²) in [6, 6.07) is 10.4. The maximum Gasteiger partial charge on any atom is 0.339 e. The third-order valence-corrected chi connectivity index (χ3v) is 4.98. The van der Waals surface area contributed by atoms with Crippen molar-refractivity contribution in [1.29, 1.82) is 0 Å². The number of aryl methyl sites for hydroxylation is 1. The molecule has 1 aliphatic rings. The molecule has 6 heteroatoms. The minimum absolute atomic E-state index is 0.304. The number of carbonyl (C=O) groups is 1. The van der Waals surface area contributed by atoms with Gasteiger partial charge in [0.05, 0.1) is 14.2 Å². The minimum atomic E-state index is -0.539. The number of carbonyl (C=O) groups excluding carboxylic acids is 1. The molecule has 2 aromatic carbocycles. The van der Waals surface area contributed by atoms with Gasteiger partial charge in [-0.1, -0.05) is 6.07 Å². The molecule has 3 aromatic rings. The highest BCUT2D eigenvalue weighted by atomic mass is 16.5. The Labute approximate surface area is 167 Å². The number of hydrogen-bond donors (Lipinski definition) is 0. The van der Waals surface area contributed by atoms with Crippen LogP contribution in [0.2, 0.25) is 0 Å². The molecule has 1 aromatic heterocycles. The van der Waals surface area contributed by atoms with Gasteiger partial charge in [0.1, 0.15) is 11.3 Å². The van der Waals surface area contributed by atoms with Crippen molar-refractivity contribution in [1.82, 2.24) is 0 Å². The van der Waals surface area contributed by atoms with Gasteiger partial charge in [0.25, 0.3) is 0 Å². The smallest absolute Gasteiger partial charge is 0.339 e. The molecule has 0 aliphatic heterocycles. The lowest BCUT2D eigenvalue weighted by Crippen LogP contribution is -2.07. The zero-order valence-electron chi connectivity index (χ0n) is 16.2. The molecule has 1 heterocycles. The highest BCUT2D eigenvalue weighted by molar-refractivity contribution is 5.90. The maximum atomic E-state index is 12.2. The highest BCUT2D eigenvalue weighted by Crippen LogP contribution is 2.30. The van der Waals surface area contributed by atoms with Crippen LogP contribution in [-0.4, -0.2) is 20.2 Å². The van der Waals surface area contributed by atoms with Crippen LogP contribution in [-0.2, 0) is 17.6 Å². The van der Waals surface area contributed by atoms with E-state index >= 15 is 0 Å². The van der Waals surface area contributed by atoms with Gasteiger partial charge in [-0.05, 0) is 60.7 Å². The second-order valence-electron chi connectivity index (χ2n) is 6.73. The molecule has 0 spiro atoms. The molecule has 29 heavy (non-hydrogen) atoms. The Bertz CT molecular complexity index is 1170. The lowest BCUT2D eigenvalue weighted by atomic mass is 10.1. The summed E-state index contributed by atoms with van der Waals surface area (Å²) in [6.07, 6.45) is 5.52. The maximum absolute atomic E-state index is 12.2. The van der Waals surface area contributed by atoms with Gasteiger partial charge in [0.2, 0.25) is 0 Å².